The number of carbonyl (C=O) groups excluding carboxylic acids is 3. The van der Waals surface area contributed by atoms with Crippen LogP contribution in [0.15, 0.2) is 46.9 Å². The molecule has 0 spiro atoms. The third-order valence-electron chi connectivity index (χ3n) is 3.08. The molecule has 6 nitrogen and oxygen atoms in total. The van der Waals surface area contributed by atoms with Crippen LogP contribution in [0.5, 0.6) is 5.75 Å². The molecule has 0 fully saturated rings. The van der Waals surface area contributed by atoms with Crippen molar-refractivity contribution in [1.29, 1.82) is 0 Å². The normalized spacial score (nSPS) is 10.4. The zero-order valence-electron chi connectivity index (χ0n) is 13.4. The third kappa shape index (κ3) is 6.10. The lowest BCUT2D eigenvalue weighted by Gasteiger charge is -2.08. The number of benzene rings is 2. The molecule has 2 amide bonds. The number of amides is 2. The molecule has 0 aliphatic heterocycles. The second-order valence-electron chi connectivity index (χ2n) is 4.98. The first-order valence-electron chi connectivity index (χ1n) is 7.27. The molecule has 0 saturated carbocycles. The van der Waals surface area contributed by atoms with Gasteiger partial charge in [0.1, 0.15) is 11.6 Å². The fourth-order valence-electron chi connectivity index (χ4n) is 1.89. The first kappa shape index (κ1) is 20.4. The maximum atomic E-state index is 13.6. The number of esters is 1. The van der Waals surface area contributed by atoms with E-state index in [-0.39, 0.29) is 16.9 Å². The fraction of sp³-hybridized carbons (Fsp3) is 0.118. The van der Waals surface area contributed by atoms with E-state index < -0.39 is 36.8 Å². The number of rotatable bonds is 6. The zero-order valence-corrected chi connectivity index (χ0v) is 15.0. The summed E-state index contributed by atoms with van der Waals surface area (Å²) >= 11 is 3.03. The highest BCUT2D eigenvalue weighted by Crippen LogP contribution is 2.16. The molecular weight excluding hydrogens is 435 g/mol. The molecular formula is C17H11BrF3NO5. The van der Waals surface area contributed by atoms with Gasteiger partial charge in [-0.2, -0.15) is 8.78 Å². The standard InChI is InChI=1S/C17H11BrF3NO5/c18-10-3-6-12(13(19)7-10)16(25)26-8-14(23)22-15(24)9-1-4-11(5-2-9)27-17(20)21/h1-7,17H,8H2,(H,22,23,24). The minimum absolute atomic E-state index is 0.00440. The highest BCUT2D eigenvalue weighted by Gasteiger charge is 2.17. The van der Waals surface area contributed by atoms with Crippen LogP contribution in [0.1, 0.15) is 20.7 Å². The van der Waals surface area contributed by atoms with E-state index in [1.54, 1.807) is 0 Å². The van der Waals surface area contributed by atoms with Crippen molar-refractivity contribution in [3.63, 3.8) is 0 Å². The Bertz CT molecular complexity index is 858. The molecule has 0 aliphatic rings. The van der Waals surface area contributed by atoms with E-state index in [0.29, 0.717) is 4.47 Å². The molecule has 0 radical (unpaired) electrons. The highest BCUT2D eigenvalue weighted by molar-refractivity contribution is 9.10. The Morgan fingerprint density at radius 1 is 1.07 bits per heavy atom. The van der Waals surface area contributed by atoms with Crippen LogP contribution in [0.3, 0.4) is 0 Å². The van der Waals surface area contributed by atoms with Gasteiger partial charge in [0.25, 0.3) is 11.8 Å². The molecule has 10 heteroatoms. The Morgan fingerprint density at radius 3 is 2.33 bits per heavy atom. The average Bonchev–Trinajstić information content (AvgIpc) is 2.59. The molecule has 1 N–H and O–H groups in total. The van der Waals surface area contributed by atoms with Gasteiger partial charge in [-0.25, -0.2) is 9.18 Å². The van der Waals surface area contributed by atoms with Gasteiger partial charge in [-0.3, -0.25) is 14.9 Å². The monoisotopic (exact) mass is 445 g/mol. The molecule has 0 bridgehead atoms. The van der Waals surface area contributed by atoms with E-state index in [9.17, 15) is 27.6 Å². The van der Waals surface area contributed by atoms with Gasteiger partial charge in [-0.15, -0.1) is 0 Å². The van der Waals surface area contributed by atoms with Gasteiger partial charge in [0.15, 0.2) is 6.61 Å². The molecule has 2 aromatic rings. The van der Waals surface area contributed by atoms with Crippen LogP contribution in [-0.4, -0.2) is 31.0 Å². The first-order valence-corrected chi connectivity index (χ1v) is 8.07. The first-order chi connectivity index (χ1) is 12.8. The lowest BCUT2D eigenvalue weighted by atomic mass is 10.2. The van der Waals surface area contributed by atoms with Crippen LogP contribution < -0.4 is 10.1 Å². The van der Waals surface area contributed by atoms with Crippen molar-refractivity contribution in [3.05, 3.63) is 63.9 Å². The molecule has 2 aromatic carbocycles. The highest BCUT2D eigenvalue weighted by atomic mass is 79.9. The lowest BCUT2D eigenvalue weighted by molar-refractivity contribution is -0.123. The van der Waals surface area contributed by atoms with Crippen molar-refractivity contribution in [3.8, 4) is 5.75 Å². The molecule has 2 rings (SSSR count). The molecule has 0 unspecified atom stereocenters. The molecule has 0 atom stereocenters. The Morgan fingerprint density at radius 2 is 1.74 bits per heavy atom. The van der Waals surface area contributed by atoms with E-state index in [0.717, 1.165) is 18.2 Å². The van der Waals surface area contributed by atoms with Gasteiger partial charge >= 0.3 is 12.6 Å². The minimum Gasteiger partial charge on any atom is -0.452 e. The maximum absolute atomic E-state index is 13.6. The summed E-state index contributed by atoms with van der Waals surface area (Å²) in [4.78, 5) is 35.3. The second kappa shape index (κ2) is 9.17. The van der Waals surface area contributed by atoms with E-state index in [2.05, 4.69) is 25.4 Å². The predicted molar refractivity (Wildman–Crippen MR) is 89.9 cm³/mol. The summed E-state index contributed by atoms with van der Waals surface area (Å²) in [5.74, 6) is -3.85. The summed E-state index contributed by atoms with van der Waals surface area (Å²) < 4.78 is 46.9. The second-order valence-corrected chi connectivity index (χ2v) is 5.90. The van der Waals surface area contributed by atoms with Crippen molar-refractivity contribution in [2.75, 3.05) is 6.61 Å². The maximum Gasteiger partial charge on any atom is 0.387 e. The van der Waals surface area contributed by atoms with Crippen molar-refractivity contribution in [2.45, 2.75) is 6.61 Å². The predicted octanol–water partition coefficient (Wildman–Crippen LogP) is 3.30. The molecule has 0 aromatic heterocycles. The van der Waals surface area contributed by atoms with Crippen molar-refractivity contribution in [2.24, 2.45) is 0 Å². The summed E-state index contributed by atoms with van der Waals surface area (Å²) in [5, 5.41) is 1.94. The lowest BCUT2D eigenvalue weighted by Crippen LogP contribution is -2.34. The topological polar surface area (TPSA) is 81.7 Å². The van der Waals surface area contributed by atoms with Crippen molar-refractivity contribution >= 4 is 33.7 Å². The summed E-state index contributed by atoms with van der Waals surface area (Å²) in [7, 11) is 0. The Hall–Kier alpha value is -2.88. The number of nitrogens with one attached hydrogen (secondary N) is 1. The Labute approximate surface area is 159 Å². The van der Waals surface area contributed by atoms with Gasteiger partial charge in [-0.1, -0.05) is 15.9 Å². The van der Waals surface area contributed by atoms with Crippen LogP contribution in [-0.2, 0) is 9.53 Å². The Kier molecular flexibility index (Phi) is 6.94. The van der Waals surface area contributed by atoms with Crippen LogP contribution in [0, 0.1) is 5.82 Å². The van der Waals surface area contributed by atoms with Crippen LogP contribution in [0.2, 0.25) is 0 Å². The van der Waals surface area contributed by atoms with Crippen LogP contribution in [0.4, 0.5) is 13.2 Å². The molecule has 0 saturated heterocycles. The van der Waals surface area contributed by atoms with E-state index in [1.807, 2.05) is 5.32 Å². The number of imide groups is 1. The Balaban J connectivity index is 1.87. The molecule has 142 valence electrons. The number of hydrogen-bond acceptors (Lipinski definition) is 5. The zero-order chi connectivity index (χ0) is 20.0. The van der Waals surface area contributed by atoms with E-state index in [4.69, 9.17) is 0 Å². The van der Waals surface area contributed by atoms with Crippen LogP contribution >= 0.6 is 15.9 Å². The third-order valence-corrected chi connectivity index (χ3v) is 3.57. The summed E-state index contributed by atoms with van der Waals surface area (Å²) in [6, 6.07) is 8.25. The van der Waals surface area contributed by atoms with Gasteiger partial charge in [-0.05, 0) is 42.5 Å². The number of halogens is 4. The average molecular weight is 446 g/mol. The van der Waals surface area contributed by atoms with Crippen LogP contribution in [0.25, 0.3) is 0 Å². The smallest absolute Gasteiger partial charge is 0.387 e. The van der Waals surface area contributed by atoms with Gasteiger partial charge in [0, 0.05) is 10.0 Å². The molecule has 0 aliphatic carbocycles. The number of carbonyl (C=O) groups is 3. The van der Waals surface area contributed by atoms with Crippen molar-refractivity contribution < 1.29 is 37.0 Å². The summed E-state index contributed by atoms with van der Waals surface area (Å²) in [6.07, 6.45) is 0. The van der Waals surface area contributed by atoms with Gasteiger partial charge < -0.3 is 9.47 Å². The number of ether oxygens (including phenoxy) is 2. The largest absolute Gasteiger partial charge is 0.452 e. The van der Waals surface area contributed by atoms with Gasteiger partial charge in [0.2, 0.25) is 0 Å². The quantitative estimate of drug-likeness (QED) is 0.689. The minimum atomic E-state index is -3.00. The SMILES string of the molecule is O=C(COC(=O)c1ccc(Br)cc1F)NC(=O)c1ccc(OC(F)F)cc1. The van der Waals surface area contributed by atoms with E-state index in [1.165, 1.54) is 24.3 Å². The molecule has 27 heavy (non-hydrogen) atoms. The number of hydrogen-bond donors (Lipinski definition) is 1. The summed E-state index contributed by atoms with van der Waals surface area (Å²) in [5.41, 5.74) is -0.373. The summed E-state index contributed by atoms with van der Waals surface area (Å²) in [6.45, 7) is -3.82. The van der Waals surface area contributed by atoms with Crippen molar-refractivity contribution in [1.82, 2.24) is 5.32 Å². The fourth-order valence-corrected chi connectivity index (χ4v) is 2.22. The van der Waals surface area contributed by atoms with E-state index >= 15 is 0 Å². The van der Waals surface area contributed by atoms with Gasteiger partial charge in [0.05, 0.1) is 5.56 Å². The number of alkyl halides is 2. The molecule has 0 heterocycles.